The standard InChI is InChI=1S/C16H24N2O4/c1-3-5-11-22-15(19)13-8-6-7-9-14(13)18-16(20)17-10-12-21-4-2/h6-9H,3-5,10-12H2,1-2H3,(H2,17,18,20). The summed E-state index contributed by atoms with van der Waals surface area (Å²) in [5.74, 6) is -0.432. The number of nitrogens with one attached hydrogen (secondary N) is 2. The van der Waals surface area contributed by atoms with Gasteiger partial charge in [0.1, 0.15) is 0 Å². The highest BCUT2D eigenvalue weighted by Gasteiger charge is 2.13. The van der Waals surface area contributed by atoms with Crippen LogP contribution in [0.5, 0.6) is 0 Å². The fraction of sp³-hybridized carbons (Fsp3) is 0.500. The van der Waals surface area contributed by atoms with Crippen molar-refractivity contribution in [3.8, 4) is 0 Å². The lowest BCUT2D eigenvalue weighted by atomic mass is 10.2. The number of esters is 1. The van der Waals surface area contributed by atoms with Gasteiger partial charge in [0.15, 0.2) is 0 Å². The number of carbonyl (C=O) groups excluding carboxylic acids is 2. The van der Waals surface area contributed by atoms with Crippen LogP contribution in [0, 0.1) is 0 Å². The van der Waals surface area contributed by atoms with Crippen molar-refractivity contribution in [2.24, 2.45) is 0 Å². The van der Waals surface area contributed by atoms with Gasteiger partial charge in [0.05, 0.1) is 24.5 Å². The lowest BCUT2D eigenvalue weighted by Gasteiger charge is -2.11. The molecule has 0 aliphatic heterocycles. The average Bonchev–Trinajstić information content (AvgIpc) is 2.52. The summed E-state index contributed by atoms with van der Waals surface area (Å²) in [6.07, 6.45) is 1.77. The molecule has 0 heterocycles. The molecule has 2 amide bonds. The summed E-state index contributed by atoms with van der Waals surface area (Å²) in [5, 5.41) is 5.31. The number of urea groups is 1. The van der Waals surface area contributed by atoms with E-state index in [1.807, 2.05) is 13.8 Å². The van der Waals surface area contributed by atoms with Crippen molar-refractivity contribution < 1.29 is 19.1 Å². The van der Waals surface area contributed by atoms with E-state index in [1.165, 1.54) is 0 Å². The Morgan fingerprint density at radius 3 is 2.64 bits per heavy atom. The molecule has 1 aromatic rings. The number of anilines is 1. The third-order valence-electron chi connectivity index (χ3n) is 2.86. The van der Waals surface area contributed by atoms with Crippen molar-refractivity contribution in [3.63, 3.8) is 0 Å². The Kier molecular flexibility index (Phi) is 8.67. The van der Waals surface area contributed by atoms with Crippen LogP contribution in [0.25, 0.3) is 0 Å². The first kappa shape index (κ1) is 18.0. The zero-order chi connectivity index (χ0) is 16.2. The minimum atomic E-state index is -0.432. The van der Waals surface area contributed by atoms with Gasteiger partial charge in [0.25, 0.3) is 0 Å². The number of unbranched alkanes of at least 4 members (excludes halogenated alkanes) is 1. The summed E-state index contributed by atoms with van der Waals surface area (Å²) in [7, 11) is 0. The Balaban J connectivity index is 2.55. The zero-order valence-electron chi connectivity index (χ0n) is 13.2. The van der Waals surface area contributed by atoms with Crippen LogP contribution in [0.3, 0.4) is 0 Å². The summed E-state index contributed by atoms with van der Waals surface area (Å²) >= 11 is 0. The Bertz CT molecular complexity index is 477. The Hall–Kier alpha value is -2.08. The number of carbonyl (C=O) groups is 2. The Morgan fingerprint density at radius 1 is 1.14 bits per heavy atom. The number of hydrogen-bond donors (Lipinski definition) is 2. The lowest BCUT2D eigenvalue weighted by molar-refractivity contribution is 0.0501. The van der Waals surface area contributed by atoms with E-state index in [0.29, 0.717) is 37.6 Å². The van der Waals surface area contributed by atoms with Gasteiger partial charge in [-0.3, -0.25) is 0 Å². The fourth-order valence-corrected chi connectivity index (χ4v) is 1.70. The molecule has 0 aromatic heterocycles. The first-order chi connectivity index (χ1) is 10.7. The van der Waals surface area contributed by atoms with Gasteiger partial charge in [0.2, 0.25) is 0 Å². The van der Waals surface area contributed by atoms with Crippen LogP contribution in [0.15, 0.2) is 24.3 Å². The van der Waals surface area contributed by atoms with Crippen LogP contribution in [0.2, 0.25) is 0 Å². The maximum absolute atomic E-state index is 12.0. The quantitative estimate of drug-likeness (QED) is 0.543. The second-order valence-corrected chi connectivity index (χ2v) is 4.61. The monoisotopic (exact) mass is 308 g/mol. The molecule has 22 heavy (non-hydrogen) atoms. The van der Waals surface area contributed by atoms with Gasteiger partial charge in [0, 0.05) is 13.2 Å². The van der Waals surface area contributed by atoms with Crippen molar-refractivity contribution in [1.29, 1.82) is 0 Å². The van der Waals surface area contributed by atoms with Gasteiger partial charge in [-0.1, -0.05) is 25.5 Å². The van der Waals surface area contributed by atoms with Crippen LogP contribution in [0.1, 0.15) is 37.0 Å². The largest absolute Gasteiger partial charge is 0.462 e. The summed E-state index contributed by atoms with van der Waals surface area (Å²) < 4.78 is 10.3. The second-order valence-electron chi connectivity index (χ2n) is 4.61. The first-order valence-corrected chi connectivity index (χ1v) is 7.57. The van der Waals surface area contributed by atoms with E-state index >= 15 is 0 Å². The first-order valence-electron chi connectivity index (χ1n) is 7.57. The normalized spacial score (nSPS) is 10.1. The molecule has 122 valence electrons. The average molecular weight is 308 g/mol. The van der Waals surface area contributed by atoms with E-state index < -0.39 is 5.97 Å². The zero-order valence-corrected chi connectivity index (χ0v) is 13.2. The van der Waals surface area contributed by atoms with Crippen molar-refractivity contribution in [3.05, 3.63) is 29.8 Å². The molecule has 0 aliphatic rings. The molecular formula is C16H24N2O4. The van der Waals surface area contributed by atoms with Crippen molar-refractivity contribution in [1.82, 2.24) is 5.32 Å². The molecule has 0 atom stereocenters. The minimum Gasteiger partial charge on any atom is -0.462 e. The smallest absolute Gasteiger partial charge is 0.340 e. The Labute approximate surface area is 131 Å². The fourth-order valence-electron chi connectivity index (χ4n) is 1.70. The van der Waals surface area contributed by atoms with Gasteiger partial charge in [-0.15, -0.1) is 0 Å². The summed E-state index contributed by atoms with van der Waals surface area (Å²) in [6, 6.07) is 6.39. The van der Waals surface area contributed by atoms with Crippen LogP contribution in [-0.4, -0.2) is 38.4 Å². The van der Waals surface area contributed by atoms with E-state index in [2.05, 4.69) is 10.6 Å². The molecule has 0 radical (unpaired) electrons. The number of para-hydroxylation sites is 1. The molecule has 1 aromatic carbocycles. The Morgan fingerprint density at radius 2 is 1.91 bits per heavy atom. The molecule has 6 nitrogen and oxygen atoms in total. The topological polar surface area (TPSA) is 76.7 Å². The molecule has 2 N–H and O–H groups in total. The van der Waals surface area contributed by atoms with Gasteiger partial charge >= 0.3 is 12.0 Å². The minimum absolute atomic E-state index is 0.346. The van der Waals surface area contributed by atoms with Crippen LogP contribution in [0.4, 0.5) is 10.5 Å². The number of hydrogen-bond acceptors (Lipinski definition) is 4. The van der Waals surface area contributed by atoms with E-state index in [1.54, 1.807) is 24.3 Å². The highest BCUT2D eigenvalue weighted by atomic mass is 16.5. The van der Waals surface area contributed by atoms with Crippen molar-refractivity contribution in [2.75, 3.05) is 31.7 Å². The van der Waals surface area contributed by atoms with Gasteiger partial charge < -0.3 is 20.1 Å². The van der Waals surface area contributed by atoms with Gasteiger partial charge in [-0.05, 0) is 25.5 Å². The van der Waals surface area contributed by atoms with E-state index in [0.717, 1.165) is 12.8 Å². The molecule has 0 fully saturated rings. The van der Waals surface area contributed by atoms with E-state index in [-0.39, 0.29) is 6.03 Å². The summed E-state index contributed by atoms with van der Waals surface area (Å²) in [5.41, 5.74) is 0.775. The van der Waals surface area contributed by atoms with E-state index in [9.17, 15) is 9.59 Å². The summed E-state index contributed by atoms with van der Waals surface area (Å²) in [6.45, 7) is 5.75. The lowest BCUT2D eigenvalue weighted by Crippen LogP contribution is -2.32. The molecule has 1 rings (SSSR count). The third-order valence-corrected chi connectivity index (χ3v) is 2.86. The van der Waals surface area contributed by atoms with Crippen LogP contribution >= 0.6 is 0 Å². The predicted molar refractivity (Wildman–Crippen MR) is 85.1 cm³/mol. The highest BCUT2D eigenvalue weighted by Crippen LogP contribution is 2.16. The predicted octanol–water partition coefficient (Wildman–Crippen LogP) is 2.80. The molecule has 0 aliphatic carbocycles. The van der Waals surface area contributed by atoms with Crippen molar-refractivity contribution in [2.45, 2.75) is 26.7 Å². The van der Waals surface area contributed by atoms with Crippen molar-refractivity contribution >= 4 is 17.7 Å². The highest BCUT2D eigenvalue weighted by molar-refractivity contribution is 6.00. The number of benzene rings is 1. The van der Waals surface area contributed by atoms with Crippen LogP contribution in [-0.2, 0) is 9.47 Å². The van der Waals surface area contributed by atoms with Gasteiger partial charge in [-0.25, -0.2) is 9.59 Å². The molecule has 0 unspecified atom stereocenters. The molecule has 0 spiro atoms. The van der Waals surface area contributed by atoms with Gasteiger partial charge in [-0.2, -0.15) is 0 Å². The molecule has 0 bridgehead atoms. The SMILES string of the molecule is CCCCOC(=O)c1ccccc1NC(=O)NCCOCC. The van der Waals surface area contributed by atoms with E-state index in [4.69, 9.17) is 9.47 Å². The number of amides is 2. The molecular weight excluding hydrogens is 284 g/mol. The number of rotatable bonds is 9. The number of ether oxygens (including phenoxy) is 2. The molecule has 6 heteroatoms. The second kappa shape index (κ2) is 10.6. The third kappa shape index (κ3) is 6.58. The maximum atomic E-state index is 12.0. The summed E-state index contributed by atoms with van der Waals surface area (Å²) in [4.78, 5) is 23.8. The molecule has 0 saturated heterocycles. The molecule has 0 saturated carbocycles. The van der Waals surface area contributed by atoms with Crippen LogP contribution < -0.4 is 10.6 Å². The maximum Gasteiger partial charge on any atom is 0.340 e.